The predicted molar refractivity (Wildman–Crippen MR) is 140 cm³/mol. The molecule has 1 aliphatic carbocycles. The Morgan fingerprint density at radius 2 is 1.95 bits per heavy atom. The average Bonchev–Trinajstić information content (AvgIpc) is 3.36. The summed E-state index contributed by atoms with van der Waals surface area (Å²) in [6, 6.07) is 5.06. The number of hydrogen-bond donors (Lipinski definition) is 1. The van der Waals surface area contributed by atoms with Crippen molar-refractivity contribution >= 4 is 5.91 Å². The number of carbonyl (C=O) groups excluding carboxylic acids is 1. The van der Waals surface area contributed by atoms with Gasteiger partial charge in [-0.1, -0.05) is 30.9 Å². The second kappa shape index (κ2) is 11.3. The lowest BCUT2D eigenvalue weighted by Gasteiger charge is -2.40. The van der Waals surface area contributed by atoms with E-state index in [-0.39, 0.29) is 17.5 Å². The van der Waals surface area contributed by atoms with Crippen molar-refractivity contribution in [3.8, 4) is 23.1 Å². The highest BCUT2D eigenvalue weighted by atomic mass is 19.1. The van der Waals surface area contributed by atoms with Crippen LogP contribution in [0.15, 0.2) is 48.3 Å². The first kappa shape index (κ1) is 25.3. The van der Waals surface area contributed by atoms with Crippen molar-refractivity contribution in [3.63, 3.8) is 0 Å². The summed E-state index contributed by atoms with van der Waals surface area (Å²) in [5.74, 6) is 5.47. The molecule has 192 valence electrons. The number of aryl methyl sites for hydroxylation is 1. The normalized spacial score (nSPS) is 20.5. The molecule has 0 radical (unpaired) electrons. The van der Waals surface area contributed by atoms with Crippen molar-refractivity contribution in [2.75, 3.05) is 39.4 Å². The fourth-order valence-corrected chi connectivity index (χ4v) is 5.14. The molecule has 0 bridgehead atoms. The Bertz CT molecular complexity index is 1280. The first-order valence-electron chi connectivity index (χ1n) is 13.0. The molecule has 2 N–H and O–H groups in total. The third-order valence-electron chi connectivity index (χ3n) is 7.24. The van der Waals surface area contributed by atoms with Crippen molar-refractivity contribution < 1.29 is 13.9 Å². The van der Waals surface area contributed by atoms with Crippen LogP contribution < -0.4 is 5.73 Å². The van der Waals surface area contributed by atoms with Gasteiger partial charge in [-0.2, -0.15) is 0 Å². The highest BCUT2D eigenvalue weighted by molar-refractivity contribution is 5.95. The lowest BCUT2D eigenvalue weighted by atomic mass is 10.0. The second-order valence-corrected chi connectivity index (χ2v) is 9.57. The third-order valence-corrected chi connectivity index (χ3v) is 7.24. The Kier molecular flexibility index (Phi) is 7.75. The predicted octanol–water partition coefficient (Wildman–Crippen LogP) is 2.96. The average molecular weight is 502 g/mol. The molecule has 2 aromatic rings. The molecular formula is C29H32FN5O2. The fourth-order valence-electron chi connectivity index (χ4n) is 5.14. The molecule has 2 saturated heterocycles. The largest absolute Gasteiger partial charge is 0.381 e. The quantitative estimate of drug-likeness (QED) is 0.649. The van der Waals surface area contributed by atoms with Gasteiger partial charge in [0.2, 0.25) is 0 Å². The number of nitrogens with two attached hydrogens (primary N) is 1. The number of halogens is 1. The minimum absolute atomic E-state index is 0.0795. The maximum absolute atomic E-state index is 15.3. The maximum Gasteiger partial charge on any atom is 0.256 e. The van der Waals surface area contributed by atoms with Gasteiger partial charge in [-0.25, -0.2) is 14.4 Å². The number of carbonyl (C=O) groups is 1. The van der Waals surface area contributed by atoms with E-state index in [0.717, 1.165) is 50.4 Å². The lowest BCUT2D eigenvalue weighted by molar-refractivity contribution is 0.0136. The van der Waals surface area contributed by atoms with E-state index in [2.05, 4.69) is 26.7 Å². The molecule has 2 fully saturated rings. The molecule has 0 saturated carbocycles. The number of allylic oxidation sites excluding steroid dienone is 2. The molecule has 37 heavy (non-hydrogen) atoms. The van der Waals surface area contributed by atoms with Crippen LogP contribution in [0.5, 0.6) is 0 Å². The summed E-state index contributed by atoms with van der Waals surface area (Å²) in [6.07, 6.45) is 9.83. The van der Waals surface area contributed by atoms with E-state index in [9.17, 15) is 4.79 Å². The van der Waals surface area contributed by atoms with Gasteiger partial charge in [0.15, 0.2) is 0 Å². The molecule has 8 heteroatoms. The zero-order valence-electron chi connectivity index (χ0n) is 21.1. The zero-order valence-corrected chi connectivity index (χ0v) is 21.1. The standard InChI is InChI=1S/C29H32FN5O2/c1-2-27-25(7-4-20-3-6-22(31)17-20)28(33-19-32-27)21-5-8-24(26(30)18-21)29(36)35-13-11-34(12-14-35)23-9-15-37-16-10-23/h3,5-6,8,17-19,22-23H,2,9-16,31H2,1H3. The molecule has 0 spiro atoms. The van der Waals surface area contributed by atoms with E-state index in [1.165, 1.54) is 12.4 Å². The van der Waals surface area contributed by atoms with Crippen LogP contribution in [0.1, 0.15) is 41.4 Å². The van der Waals surface area contributed by atoms with Gasteiger partial charge in [0.25, 0.3) is 5.91 Å². The smallest absolute Gasteiger partial charge is 0.256 e. The topological polar surface area (TPSA) is 84.6 Å². The summed E-state index contributed by atoms with van der Waals surface area (Å²) in [6.45, 7) is 6.37. The van der Waals surface area contributed by atoms with Crippen molar-refractivity contribution in [3.05, 3.63) is 71.0 Å². The van der Waals surface area contributed by atoms with Crippen LogP contribution in [-0.4, -0.2) is 77.2 Å². The molecule has 5 rings (SSSR count). The van der Waals surface area contributed by atoms with Gasteiger partial charge in [-0.05, 0) is 43.5 Å². The van der Waals surface area contributed by atoms with Crippen LogP contribution in [0.4, 0.5) is 4.39 Å². The molecule has 1 aromatic carbocycles. The third kappa shape index (κ3) is 5.64. The van der Waals surface area contributed by atoms with Gasteiger partial charge in [0.05, 0.1) is 22.5 Å². The summed E-state index contributed by atoms with van der Waals surface area (Å²) in [4.78, 5) is 26.1. The van der Waals surface area contributed by atoms with E-state index in [4.69, 9.17) is 10.5 Å². The number of ether oxygens (including phenoxy) is 1. The van der Waals surface area contributed by atoms with E-state index >= 15 is 4.39 Å². The summed E-state index contributed by atoms with van der Waals surface area (Å²) in [5, 5.41) is 0. The number of hydrogen-bond acceptors (Lipinski definition) is 6. The molecule has 1 unspecified atom stereocenters. The number of nitrogens with zero attached hydrogens (tertiary/aromatic N) is 4. The van der Waals surface area contributed by atoms with Crippen LogP contribution in [0, 0.1) is 17.7 Å². The SMILES string of the molecule is CCc1ncnc(-c2ccc(C(=O)N3CCN(C4CCOCC4)CC3)c(F)c2)c1C#CC1=CC(N)C=C1. The number of piperazine rings is 1. The first-order valence-corrected chi connectivity index (χ1v) is 13.0. The summed E-state index contributed by atoms with van der Waals surface area (Å²) >= 11 is 0. The minimum atomic E-state index is -0.558. The van der Waals surface area contributed by atoms with Crippen LogP contribution in [0.2, 0.25) is 0 Å². The van der Waals surface area contributed by atoms with Crippen LogP contribution in [0.25, 0.3) is 11.3 Å². The van der Waals surface area contributed by atoms with Crippen molar-refractivity contribution in [1.29, 1.82) is 0 Å². The van der Waals surface area contributed by atoms with Gasteiger partial charge in [0.1, 0.15) is 12.1 Å². The van der Waals surface area contributed by atoms with Gasteiger partial charge in [-0.15, -0.1) is 0 Å². The van der Waals surface area contributed by atoms with E-state index < -0.39 is 5.82 Å². The summed E-state index contributed by atoms with van der Waals surface area (Å²) in [5.41, 5.74) is 9.34. The number of rotatable bonds is 4. The molecule has 2 aliphatic heterocycles. The molecule has 1 aromatic heterocycles. The van der Waals surface area contributed by atoms with E-state index in [1.54, 1.807) is 17.0 Å². The Morgan fingerprint density at radius 3 is 2.62 bits per heavy atom. The number of amides is 1. The summed E-state index contributed by atoms with van der Waals surface area (Å²) in [7, 11) is 0. The Labute approximate surface area is 217 Å². The number of aromatic nitrogens is 2. The van der Waals surface area contributed by atoms with Gasteiger partial charge in [-0.3, -0.25) is 9.69 Å². The van der Waals surface area contributed by atoms with Crippen molar-refractivity contribution in [2.45, 2.75) is 38.3 Å². The summed E-state index contributed by atoms with van der Waals surface area (Å²) < 4.78 is 20.8. The molecule has 7 nitrogen and oxygen atoms in total. The molecule has 1 atom stereocenters. The van der Waals surface area contributed by atoms with Gasteiger partial charge in [0, 0.05) is 62.6 Å². The van der Waals surface area contributed by atoms with E-state index in [0.29, 0.717) is 42.4 Å². The number of benzene rings is 1. The Hall–Kier alpha value is -3.38. The maximum atomic E-state index is 15.3. The van der Waals surface area contributed by atoms with Gasteiger partial charge >= 0.3 is 0 Å². The van der Waals surface area contributed by atoms with Crippen molar-refractivity contribution in [2.24, 2.45) is 5.73 Å². The van der Waals surface area contributed by atoms with E-state index in [1.807, 2.05) is 25.2 Å². The Morgan fingerprint density at radius 1 is 1.16 bits per heavy atom. The molecule has 3 heterocycles. The van der Waals surface area contributed by atoms with Crippen molar-refractivity contribution in [1.82, 2.24) is 19.8 Å². The zero-order chi connectivity index (χ0) is 25.8. The molecule has 1 amide bonds. The first-order chi connectivity index (χ1) is 18.0. The fraction of sp³-hybridized carbons (Fsp3) is 0.414. The highest BCUT2D eigenvalue weighted by Gasteiger charge is 2.29. The van der Waals surface area contributed by atoms with Gasteiger partial charge < -0.3 is 15.4 Å². The highest BCUT2D eigenvalue weighted by Crippen LogP contribution is 2.26. The Balaban J connectivity index is 1.34. The minimum Gasteiger partial charge on any atom is -0.381 e. The lowest BCUT2D eigenvalue weighted by Crippen LogP contribution is -2.53. The second-order valence-electron chi connectivity index (χ2n) is 9.57. The monoisotopic (exact) mass is 501 g/mol. The molecular weight excluding hydrogens is 469 g/mol. The van der Waals surface area contributed by atoms with Crippen LogP contribution >= 0.6 is 0 Å². The molecule has 3 aliphatic rings. The van der Waals surface area contributed by atoms with Crippen LogP contribution in [-0.2, 0) is 11.2 Å². The van der Waals surface area contributed by atoms with Crippen LogP contribution in [0.3, 0.4) is 0 Å².